The second kappa shape index (κ2) is 10.6. The summed E-state index contributed by atoms with van der Waals surface area (Å²) in [7, 11) is 1.59. The number of ether oxygens (including phenoxy) is 2. The molecule has 1 aliphatic heterocycles. The maximum absolute atomic E-state index is 13.7. The van der Waals surface area contributed by atoms with E-state index < -0.39 is 6.17 Å². The number of hydrogen-bond acceptors (Lipinski definition) is 5. The second-order valence-electron chi connectivity index (χ2n) is 8.81. The highest BCUT2D eigenvalue weighted by molar-refractivity contribution is 6.12. The molecule has 4 aromatic carbocycles. The van der Waals surface area contributed by atoms with Crippen molar-refractivity contribution in [2.24, 2.45) is 0 Å². The van der Waals surface area contributed by atoms with E-state index in [-0.39, 0.29) is 24.2 Å². The SMILES string of the molecule is COc1ccc([C@H]2Nc3ccccc3C(=O)N2c2ccc(F)cc2)cc1COc1ccc(NC(C)=O)cc1. The number of fused-ring (bicyclic) bond motifs is 1. The van der Waals surface area contributed by atoms with E-state index in [1.807, 2.05) is 36.4 Å². The molecule has 0 fully saturated rings. The van der Waals surface area contributed by atoms with Gasteiger partial charge in [-0.3, -0.25) is 14.5 Å². The van der Waals surface area contributed by atoms with Crippen molar-refractivity contribution in [1.29, 1.82) is 0 Å². The number of nitrogens with zero attached hydrogens (tertiary/aromatic N) is 1. The second-order valence-corrected chi connectivity index (χ2v) is 8.81. The van der Waals surface area contributed by atoms with Crippen molar-refractivity contribution in [1.82, 2.24) is 0 Å². The Bertz CT molecular complexity index is 1470. The van der Waals surface area contributed by atoms with Gasteiger partial charge in [0.1, 0.15) is 30.1 Å². The summed E-state index contributed by atoms with van der Waals surface area (Å²) in [6, 6.07) is 25.9. The lowest BCUT2D eigenvalue weighted by Crippen LogP contribution is -2.43. The van der Waals surface area contributed by atoms with Crippen LogP contribution in [0.2, 0.25) is 0 Å². The fourth-order valence-corrected chi connectivity index (χ4v) is 4.43. The molecule has 2 amide bonds. The highest BCUT2D eigenvalue weighted by Gasteiger charge is 2.34. The molecule has 5 rings (SSSR count). The van der Waals surface area contributed by atoms with Gasteiger partial charge in [0.05, 0.1) is 12.7 Å². The van der Waals surface area contributed by atoms with Crippen LogP contribution < -0.4 is 25.0 Å². The van der Waals surface area contributed by atoms with Crippen molar-refractivity contribution in [2.75, 3.05) is 22.6 Å². The fraction of sp³-hybridized carbons (Fsp3) is 0.133. The molecule has 38 heavy (non-hydrogen) atoms. The Kier molecular flexibility index (Phi) is 6.95. The number of benzene rings is 4. The molecule has 0 spiro atoms. The molecule has 0 saturated heterocycles. The number of carbonyl (C=O) groups excluding carboxylic acids is 2. The largest absolute Gasteiger partial charge is 0.496 e. The third-order valence-corrected chi connectivity index (χ3v) is 6.22. The predicted octanol–water partition coefficient (Wildman–Crippen LogP) is 6.14. The molecule has 8 heteroatoms. The van der Waals surface area contributed by atoms with Gasteiger partial charge in [-0.05, 0) is 78.4 Å². The minimum atomic E-state index is -0.551. The molecule has 1 atom stereocenters. The third kappa shape index (κ3) is 5.15. The van der Waals surface area contributed by atoms with E-state index >= 15 is 0 Å². The molecule has 1 aliphatic rings. The third-order valence-electron chi connectivity index (χ3n) is 6.22. The van der Waals surface area contributed by atoms with Gasteiger partial charge in [0, 0.05) is 29.5 Å². The molecular formula is C30H26FN3O4. The zero-order valence-electron chi connectivity index (χ0n) is 20.9. The Balaban J connectivity index is 1.46. The van der Waals surface area contributed by atoms with Crippen molar-refractivity contribution < 1.29 is 23.5 Å². The Morgan fingerprint density at radius 2 is 1.74 bits per heavy atom. The first-order valence-electron chi connectivity index (χ1n) is 12.0. The van der Waals surface area contributed by atoms with Crippen LogP contribution in [0.5, 0.6) is 11.5 Å². The van der Waals surface area contributed by atoms with E-state index in [0.717, 1.165) is 11.1 Å². The number of para-hydroxylation sites is 1. The van der Waals surface area contributed by atoms with Crippen LogP contribution in [0, 0.1) is 5.82 Å². The van der Waals surface area contributed by atoms with Crippen molar-refractivity contribution in [2.45, 2.75) is 19.7 Å². The Morgan fingerprint density at radius 3 is 2.45 bits per heavy atom. The summed E-state index contributed by atoms with van der Waals surface area (Å²) >= 11 is 0. The number of anilines is 3. The monoisotopic (exact) mass is 511 g/mol. The van der Waals surface area contributed by atoms with Crippen molar-refractivity contribution in [3.05, 3.63) is 114 Å². The van der Waals surface area contributed by atoms with Crippen LogP contribution in [0.25, 0.3) is 0 Å². The van der Waals surface area contributed by atoms with Gasteiger partial charge in [-0.2, -0.15) is 0 Å². The van der Waals surface area contributed by atoms with Crippen molar-refractivity contribution >= 4 is 28.9 Å². The lowest BCUT2D eigenvalue weighted by molar-refractivity contribution is -0.114. The molecule has 0 aliphatic carbocycles. The standard InChI is InChI=1S/C30H26FN3O4/c1-19(35)32-23-10-14-25(15-11-23)38-18-21-17-20(7-16-28(21)37-2)29-33-27-6-4-3-5-26(27)30(36)34(29)24-12-8-22(31)9-13-24/h3-17,29,33H,18H2,1-2H3,(H,32,35)/t29-/m0/s1. The predicted molar refractivity (Wildman–Crippen MR) is 144 cm³/mol. The number of carbonyl (C=O) groups is 2. The summed E-state index contributed by atoms with van der Waals surface area (Å²) in [4.78, 5) is 26.5. The summed E-state index contributed by atoms with van der Waals surface area (Å²) in [5, 5.41) is 6.19. The number of halogens is 1. The van der Waals surface area contributed by atoms with Crippen molar-refractivity contribution in [3.8, 4) is 11.5 Å². The molecule has 7 nitrogen and oxygen atoms in total. The normalized spacial score (nSPS) is 14.3. The van der Waals surface area contributed by atoms with Crippen LogP contribution in [-0.2, 0) is 11.4 Å². The van der Waals surface area contributed by atoms with Crippen molar-refractivity contribution in [3.63, 3.8) is 0 Å². The average molecular weight is 512 g/mol. The highest BCUT2D eigenvalue weighted by Crippen LogP contribution is 2.38. The van der Waals surface area contributed by atoms with E-state index in [9.17, 15) is 14.0 Å². The first-order chi connectivity index (χ1) is 18.4. The lowest BCUT2D eigenvalue weighted by atomic mass is 10.0. The van der Waals surface area contributed by atoms with Gasteiger partial charge in [-0.1, -0.05) is 18.2 Å². The summed E-state index contributed by atoms with van der Waals surface area (Å²) in [5.74, 6) is 0.548. The summed E-state index contributed by atoms with van der Waals surface area (Å²) in [6.45, 7) is 1.67. The fourth-order valence-electron chi connectivity index (χ4n) is 4.43. The molecule has 0 unspecified atom stereocenters. The summed E-state index contributed by atoms with van der Waals surface area (Å²) in [5.41, 5.74) is 4.08. The molecule has 1 heterocycles. The van der Waals surface area contributed by atoms with Crippen LogP contribution >= 0.6 is 0 Å². The first-order valence-corrected chi connectivity index (χ1v) is 12.0. The molecule has 0 radical (unpaired) electrons. The van der Waals surface area contributed by atoms with E-state index in [1.165, 1.54) is 19.1 Å². The Hall–Kier alpha value is -4.85. The average Bonchev–Trinajstić information content (AvgIpc) is 2.93. The van der Waals surface area contributed by atoms with Crippen LogP contribution in [-0.4, -0.2) is 18.9 Å². The maximum Gasteiger partial charge on any atom is 0.262 e. The van der Waals surface area contributed by atoms with Crippen LogP contribution in [0.15, 0.2) is 91.0 Å². The van der Waals surface area contributed by atoms with Gasteiger partial charge in [-0.25, -0.2) is 4.39 Å². The van der Waals surface area contributed by atoms with E-state index in [0.29, 0.717) is 34.1 Å². The van der Waals surface area contributed by atoms with Gasteiger partial charge < -0.3 is 20.1 Å². The minimum absolute atomic E-state index is 0.146. The molecule has 4 aromatic rings. The van der Waals surface area contributed by atoms with Gasteiger partial charge in [0.25, 0.3) is 5.91 Å². The minimum Gasteiger partial charge on any atom is -0.496 e. The molecule has 192 valence electrons. The van der Waals surface area contributed by atoms with E-state index in [1.54, 1.807) is 54.5 Å². The van der Waals surface area contributed by atoms with E-state index in [2.05, 4.69) is 10.6 Å². The lowest BCUT2D eigenvalue weighted by Gasteiger charge is -2.38. The topological polar surface area (TPSA) is 79.9 Å². The quantitative estimate of drug-likeness (QED) is 0.311. The van der Waals surface area contributed by atoms with Crippen LogP contribution in [0.3, 0.4) is 0 Å². The molecule has 0 saturated carbocycles. The maximum atomic E-state index is 13.7. The number of amides is 2. The Morgan fingerprint density at radius 1 is 1.00 bits per heavy atom. The zero-order valence-corrected chi connectivity index (χ0v) is 20.9. The zero-order chi connectivity index (χ0) is 26.6. The van der Waals surface area contributed by atoms with E-state index in [4.69, 9.17) is 9.47 Å². The summed E-state index contributed by atoms with van der Waals surface area (Å²) < 4.78 is 25.3. The molecule has 0 bridgehead atoms. The number of methoxy groups -OCH3 is 1. The number of nitrogens with one attached hydrogen (secondary N) is 2. The molecular weight excluding hydrogens is 485 g/mol. The summed E-state index contributed by atoms with van der Waals surface area (Å²) in [6.07, 6.45) is -0.551. The molecule has 2 N–H and O–H groups in total. The van der Waals surface area contributed by atoms with Gasteiger partial charge in [0.15, 0.2) is 0 Å². The van der Waals surface area contributed by atoms with Gasteiger partial charge in [0.2, 0.25) is 5.91 Å². The smallest absolute Gasteiger partial charge is 0.262 e. The highest BCUT2D eigenvalue weighted by atomic mass is 19.1. The van der Waals surface area contributed by atoms with Crippen LogP contribution in [0.4, 0.5) is 21.5 Å². The number of rotatable bonds is 7. The first kappa shape index (κ1) is 24.8. The molecule has 0 aromatic heterocycles. The number of hydrogen-bond donors (Lipinski definition) is 2. The van der Waals surface area contributed by atoms with Crippen LogP contribution in [0.1, 0.15) is 34.6 Å². The van der Waals surface area contributed by atoms with Gasteiger partial charge >= 0.3 is 0 Å². The van der Waals surface area contributed by atoms with Gasteiger partial charge in [-0.15, -0.1) is 0 Å². The Labute approximate surface area is 219 Å².